The highest BCUT2D eigenvalue weighted by Gasteiger charge is 2.34. The Labute approximate surface area is 234 Å². The molecule has 0 aromatic heterocycles. The van der Waals surface area contributed by atoms with Crippen molar-refractivity contribution >= 4 is 29.1 Å². The standard InChI is InChI=1S/C27H31F4N5O5/c28-22-13-20(36-17-21(41-27(36)38)15-32-26(37)25(30)31)14-23(29)24(22)34-5-6-35(40-12-9-34)16-18-1-3-19(4-2-18)33-7-10-39-11-8-33/h1-4,13-14,21,25H,5-12,15-17H2,(H,32,37)/t21-/m0/s1. The molecule has 10 nitrogen and oxygen atoms in total. The fraction of sp³-hybridized carbons (Fsp3) is 0.481. The van der Waals surface area contributed by atoms with Crippen LogP contribution in [0.3, 0.4) is 0 Å². The number of cyclic esters (lactones) is 1. The third-order valence-corrected chi connectivity index (χ3v) is 7.13. The van der Waals surface area contributed by atoms with Crippen LogP contribution in [-0.4, -0.2) is 95.2 Å². The Balaban J connectivity index is 1.18. The Morgan fingerprint density at radius 1 is 0.927 bits per heavy atom. The lowest BCUT2D eigenvalue weighted by Crippen LogP contribution is -2.37. The average molecular weight is 582 g/mol. The lowest BCUT2D eigenvalue weighted by atomic mass is 10.2. The second kappa shape index (κ2) is 12.9. The molecule has 0 bridgehead atoms. The number of hydrogen-bond donors (Lipinski definition) is 1. The first-order valence-corrected chi connectivity index (χ1v) is 13.4. The molecule has 41 heavy (non-hydrogen) atoms. The maximum Gasteiger partial charge on any atom is 0.414 e. The van der Waals surface area contributed by atoms with Crippen LogP contribution < -0.4 is 20.0 Å². The normalized spacial score (nSPS) is 20.4. The van der Waals surface area contributed by atoms with E-state index in [4.69, 9.17) is 14.3 Å². The fourth-order valence-electron chi connectivity index (χ4n) is 5.01. The average Bonchev–Trinajstić information content (AvgIpc) is 3.19. The van der Waals surface area contributed by atoms with Gasteiger partial charge in [-0.2, -0.15) is 13.8 Å². The van der Waals surface area contributed by atoms with Crippen molar-refractivity contribution in [1.82, 2.24) is 10.4 Å². The van der Waals surface area contributed by atoms with Crippen LogP contribution in [0.15, 0.2) is 36.4 Å². The number of benzene rings is 2. The third-order valence-electron chi connectivity index (χ3n) is 7.13. The summed E-state index contributed by atoms with van der Waals surface area (Å²) in [6.45, 7) is 4.29. The largest absolute Gasteiger partial charge is 0.442 e. The quantitative estimate of drug-likeness (QED) is 0.477. The van der Waals surface area contributed by atoms with Crippen LogP contribution in [0.1, 0.15) is 5.56 Å². The first kappa shape index (κ1) is 28.9. The van der Waals surface area contributed by atoms with E-state index in [0.717, 1.165) is 41.4 Å². The summed E-state index contributed by atoms with van der Waals surface area (Å²) in [4.78, 5) is 34.0. The Morgan fingerprint density at radius 3 is 2.29 bits per heavy atom. The Kier molecular flexibility index (Phi) is 9.10. The third kappa shape index (κ3) is 7.00. The number of halogens is 4. The molecule has 1 atom stereocenters. The smallest absolute Gasteiger partial charge is 0.414 e. The van der Waals surface area contributed by atoms with E-state index in [-0.39, 0.29) is 37.6 Å². The van der Waals surface area contributed by atoms with E-state index in [1.54, 1.807) is 9.96 Å². The highest BCUT2D eigenvalue weighted by atomic mass is 19.3. The van der Waals surface area contributed by atoms with Gasteiger partial charge in [-0.15, -0.1) is 0 Å². The maximum atomic E-state index is 15.2. The van der Waals surface area contributed by atoms with Crippen molar-refractivity contribution < 1.29 is 41.5 Å². The number of carbonyl (C=O) groups is 2. The number of alkyl halides is 2. The van der Waals surface area contributed by atoms with Gasteiger partial charge in [0.2, 0.25) is 0 Å². The van der Waals surface area contributed by atoms with Crippen LogP contribution in [0.25, 0.3) is 0 Å². The van der Waals surface area contributed by atoms with Crippen LogP contribution in [0.2, 0.25) is 0 Å². The van der Waals surface area contributed by atoms with Gasteiger partial charge in [0.15, 0.2) is 11.6 Å². The number of rotatable bonds is 8. The molecule has 0 aliphatic carbocycles. The van der Waals surface area contributed by atoms with Gasteiger partial charge in [0.25, 0.3) is 5.91 Å². The van der Waals surface area contributed by atoms with Crippen LogP contribution >= 0.6 is 0 Å². The minimum Gasteiger partial charge on any atom is -0.442 e. The molecule has 3 aliphatic rings. The predicted molar refractivity (Wildman–Crippen MR) is 141 cm³/mol. The molecule has 3 aliphatic heterocycles. The van der Waals surface area contributed by atoms with E-state index >= 15 is 8.78 Å². The maximum absolute atomic E-state index is 15.2. The van der Waals surface area contributed by atoms with Gasteiger partial charge in [-0.1, -0.05) is 12.1 Å². The van der Waals surface area contributed by atoms with Crippen molar-refractivity contribution in [2.75, 3.05) is 80.3 Å². The zero-order valence-electron chi connectivity index (χ0n) is 22.2. The van der Waals surface area contributed by atoms with Crippen molar-refractivity contribution in [1.29, 1.82) is 0 Å². The van der Waals surface area contributed by atoms with Crippen molar-refractivity contribution in [3.8, 4) is 0 Å². The van der Waals surface area contributed by atoms with Gasteiger partial charge in [0.05, 0.1) is 38.6 Å². The van der Waals surface area contributed by atoms with Gasteiger partial charge in [-0.25, -0.2) is 13.6 Å². The number of amides is 2. The number of nitrogens with one attached hydrogen (secondary N) is 1. The van der Waals surface area contributed by atoms with Crippen LogP contribution in [-0.2, 0) is 25.7 Å². The SMILES string of the molecule is O=C(NC[C@H]1CN(c2cc(F)c(N3CCON(Cc4ccc(N5CCOCC5)cc4)CC3)c(F)c2)C(=O)O1)C(F)F. The zero-order valence-corrected chi connectivity index (χ0v) is 22.2. The molecule has 2 aromatic rings. The van der Waals surface area contributed by atoms with E-state index in [2.05, 4.69) is 17.0 Å². The van der Waals surface area contributed by atoms with E-state index < -0.39 is 36.2 Å². The van der Waals surface area contributed by atoms with Crippen molar-refractivity contribution in [3.63, 3.8) is 0 Å². The monoisotopic (exact) mass is 581 g/mol. The molecule has 2 amide bonds. The number of ether oxygens (including phenoxy) is 2. The first-order chi connectivity index (χ1) is 19.8. The molecule has 0 saturated carbocycles. The Hall–Kier alpha value is -3.62. The van der Waals surface area contributed by atoms with E-state index in [0.29, 0.717) is 32.8 Å². The predicted octanol–water partition coefficient (Wildman–Crippen LogP) is 2.76. The lowest BCUT2D eigenvalue weighted by molar-refractivity contribution is -0.154. The molecular formula is C27H31F4N5O5. The summed E-state index contributed by atoms with van der Waals surface area (Å²) in [6.07, 6.45) is -5.05. The molecule has 14 heteroatoms. The summed E-state index contributed by atoms with van der Waals surface area (Å²) in [5, 5.41) is 3.73. The van der Waals surface area contributed by atoms with Gasteiger partial charge in [-0.3, -0.25) is 14.5 Å². The molecule has 2 aromatic carbocycles. The Morgan fingerprint density at radius 2 is 1.61 bits per heavy atom. The Bertz CT molecular complexity index is 1210. The fourth-order valence-corrected chi connectivity index (χ4v) is 5.01. The minimum atomic E-state index is -3.21. The molecule has 1 N–H and O–H groups in total. The molecule has 0 spiro atoms. The van der Waals surface area contributed by atoms with Crippen LogP contribution in [0.5, 0.6) is 0 Å². The van der Waals surface area contributed by atoms with Gasteiger partial charge >= 0.3 is 12.5 Å². The first-order valence-electron chi connectivity index (χ1n) is 13.4. The molecule has 222 valence electrons. The van der Waals surface area contributed by atoms with Crippen LogP contribution in [0, 0.1) is 11.6 Å². The number of anilines is 3. The molecule has 0 unspecified atom stereocenters. The topological polar surface area (TPSA) is 86.8 Å². The summed E-state index contributed by atoms with van der Waals surface area (Å²) in [5.74, 6) is -3.23. The number of hydroxylamine groups is 2. The molecule has 3 heterocycles. The second-order valence-corrected chi connectivity index (χ2v) is 9.87. The van der Waals surface area contributed by atoms with Gasteiger partial charge in [-0.05, 0) is 17.7 Å². The van der Waals surface area contributed by atoms with E-state index in [9.17, 15) is 18.4 Å². The molecule has 3 saturated heterocycles. The molecular weight excluding hydrogens is 550 g/mol. The second-order valence-electron chi connectivity index (χ2n) is 9.87. The number of nitrogens with zero attached hydrogens (tertiary/aromatic N) is 4. The van der Waals surface area contributed by atoms with Gasteiger partial charge in [0.1, 0.15) is 11.8 Å². The zero-order chi connectivity index (χ0) is 28.9. The summed E-state index contributed by atoms with van der Waals surface area (Å²) >= 11 is 0. The van der Waals surface area contributed by atoms with Gasteiger partial charge < -0.3 is 24.6 Å². The highest BCUT2D eigenvalue weighted by Crippen LogP contribution is 2.31. The molecule has 0 radical (unpaired) electrons. The minimum absolute atomic E-state index is 0.0790. The summed E-state index contributed by atoms with van der Waals surface area (Å²) in [5.41, 5.74) is 1.86. The summed E-state index contributed by atoms with van der Waals surface area (Å²) in [7, 11) is 0. The van der Waals surface area contributed by atoms with E-state index in [1.165, 1.54) is 0 Å². The molecule has 5 rings (SSSR count). The van der Waals surface area contributed by atoms with Crippen molar-refractivity contribution in [2.45, 2.75) is 19.1 Å². The number of morpholine rings is 1. The number of hydrogen-bond acceptors (Lipinski definition) is 8. The molecule has 3 fully saturated rings. The highest BCUT2D eigenvalue weighted by molar-refractivity contribution is 5.90. The van der Waals surface area contributed by atoms with Crippen LogP contribution in [0.4, 0.5) is 39.4 Å². The van der Waals surface area contributed by atoms with Gasteiger partial charge in [0, 0.05) is 57.1 Å². The van der Waals surface area contributed by atoms with Crippen molar-refractivity contribution in [3.05, 3.63) is 53.6 Å². The number of carbonyl (C=O) groups excluding carboxylic acids is 2. The summed E-state index contributed by atoms with van der Waals surface area (Å²) < 4.78 is 65.6. The van der Waals surface area contributed by atoms with E-state index in [1.807, 2.05) is 17.4 Å². The lowest BCUT2D eigenvalue weighted by Gasteiger charge is -2.29. The summed E-state index contributed by atoms with van der Waals surface area (Å²) in [6, 6.07) is 10.3. The van der Waals surface area contributed by atoms with Crippen molar-refractivity contribution in [2.24, 2.45) is 0 Å².